The van der Waals surface area contributed by atoms with Crippen LogP contribution in [0, 0.1) is 5.41 Å². The number of anilines is 1. The molecule has 0 aromatic heterocycles. The van der Waals surface area contributed by atoms with Gasteiger partial charge in [-0.2, -0.15) is 0 Å². The van der Waals surface area contributed by atoms with Crippen LogP contribution in [-0.4, -0.2) is 26.1 Å². The average molecular weight is 262 g/mol. The van der Waals surface area contributed by atoms with E-state index in [1.54, 1.807) is 11.9 Å². The van der Waals surface area contributed by atoms with E-state index in [9.17, 15) is 4.79 Å². The quantitative estimate of drug-likeness (QED) is 0.906. The van der Waals surface area contributed by atoms with Crippen LogP contribution >= 0.6 is 0 Å². The number of rotatable bonds is 3. The molecule has 4 heteroatoms. The smallest absolute Gasteiger partial charge is 0.233 e. The highest BCUT2D eigenvalue weighted by Crippen LogP contribution is 2.30. The predicted octanol–water partition coefficient (Wildman–Crippen LogP) is 1.96. The number of hydrogen-bond acceptors (Lipinski definition) is 3. The summed E-state index contributed by atoms with van der Waals surface area (Å²) in [5, 5.41) is 0. The highest BCUT2D eigenvalue weighted by Gasteiger charge is 2.29. The van der Waals surface area contributed by atoms with Gasteiger partial charge < -0.3 is 15.4 Å². The summed E-state index contributed by atoms with van der Waals surface area (Å²) in [4.78, 5) is 14.1. The van der Waals surface area contributed by atoms with Gasteiger partial charge in [0.1, 0.15) is 5.75 Å². The van der Waals surface area contributed by atoms with Crippen molar-refractivity contribution in [2.45, 2.75) is 26.7 Å². The lowest BCUT2D eigenvalue weighted by molar-refractivity contribution is -0.125. The Labute approximate surface area is 114 Å². The number of amides is 1. The third-order valence-electron chi connectivity index (χ3n) is 3.67. The topological polar surface area (TPSA) is 55.6 Å². The van der Waals surface area contributed by atoms with Crippen molar-refractivity contribution in [1.82, 2.24) is 0 Å². The molecule has 0 saturated heterocycles. The third-order valence-corrected chi connectivity index (χ3v) is 3.67. The molecule has 0 radical (unpaired) electrons. The Morgan fingerprint density at radius 1 is 1.47 bits per heavy atom. The average Bonchev–Trinajstić information content (AvgIpc) is 2.45. The number of fused-ring (bicyclic) bond motifs is 1. The Hall–Kier alpha value is -1.55. The summed E-state index contributed by atoms with van der Waals surface area (Å²) in [5.41, 5.74) is 7.20. The summed E-state index contributed by atoms with van der Waals surface area (Å²) in [6.45, 7) is 4.85. The first-order valence-corrected chi connectivity index (χ1v) is 6.69. The number of hydrogen-bond donors (Lipinski definition) is 1. The summed E-state index contributed by atoms with van der Waals surface area (Å²) < 4.78 is 5.58. The minimum atomic E-state index is -0.541. The van der Waals surface area contributed by atoms with Crippen LogP contribution in [0.25, 0.3) is 0 Å². The molecule has 104 valence electrons. The van der Waals surface area contributed by atoms with Gasteiger partial charge in [-0.3, -0.25) is 4.79 Å². The molecule has 1 aromatic carbocycles. The molecule has 1 aliphatic rings. The monoisotopic (exact) mass is 262 g/mol. The molecule has 1 aliphatic heterocycles. The van der Waals surface area contributed by atoms with Crippen LogP contribution in [0.5, 0.6) is 5.75 Å². The molecule has 0 bridgehead atoms. The van der Waals surface area contributed by atoms with Gasteiger partial charge in [-0.1, -0.05) is 0 Å². The van der Waals surface area contributed by atoms with Crippen molar-refractivity contribution in [2.24, 2.45) is 11.1 Å². The van der Waals surface area contributed by atoms with E-state index < -0.39 is 5.41 Å². The van der Waals surface area contributed by atoms with Gasteiger partial charge in [-0.15, -0.1) is 0 Å². The molecule has 0 atom stereocenters. The lowest BCUT2D eigenvalue weighted by atomic mass is 9.91. The number of benzene rings is 1. The first-order valence-electron chi connectivity index (χ1n) is 6.69. The van der Waals surface area contributed by atoms with E-state index in [4.69, 9.17) is 10.5 Å². The number of carbonyl (C=O) groups is 1. The Morgan fingerprint density at radius 3 is 2.89 bits per heavy atom. The van der Waals surface area contributed by atoms with Gasteiger partial charge in [-0.25, -0.2) is 0 Å². The van der Waals surface area contributed by atoms with Crippen LogP contribution in [-0.2, 0) is 11.2 Å². The van der Waals surface area contributed by atoms with E-state index in [1.807, 2.05) is 32.0 Å². The lowest BCUT2D eigenvalue weighted by Crippen LogP contribution is -2.43. The van der Waals surface area contributed by atoms with Crippen molar-refractivity contribution in [3.05, 3.63) is 23.8 Å². The van der Waals surface area contributed by atoms with Crippen LogP contribution in [0.2, 0.25) is 0 Å². The maximum absolute atomic E-state index is 12.4. The SMILES string of the molecule is CN(C(=O)C(C)(C)CN)c1ccc2c(c1)CCCO2. The van der Waals surface area contributed by atoms with Gasteiger partial charge in [0, 0.05) is 19.3 Å². The zero-order valence-corrected chi connectivity index (χ0v) is 11.9. The number of aryl methyl sites for hydroxylation is 1. The summed E-state index contributed by atoms with van der Waals surface area (Å²) in [5.74, 6) is 0.973. The van der Waals surface area contributed by atoms with Crippen molar-refractivity contribution in [2.75, 3.05) is 25.1 Å². The molecular formula is C15H22N2O2. The molecule has 1 heterocycles. The summed E-state index contributed by atoms with van der Waals surface area (Å²) >= 11 is 0. The fourth-order valence-electron chi connectivity index (χ4n) is 2.21. The van der Waals surface area contributed by atoms with Crippen molar-refractivity contribution in [3.8, 4) is 5.75 Å². The van der Waals surface area contributed by atoms with Crippen molar-refractivity contribution >= 4 is 11.6 Å². The zero-order valence-electron chi connectivity index (χ0n) is 11.9. The van der Waals surface area contributed by atoms with E-state index in [2.05, 4.69) is 0 Å². The number of nitrogens with zero attached hydrogens (tertiary/aromatic N) is 1. The van der Waals surface area contributed by atoms with Crippen LogP contribution in [0.3, 0.4) is 0 Å². The maximum atomic E-state index is 12.4. The molecule has 0 unspecified atom stereocenters. The third kappa shape index (κ3) is 2.73. The van der Waals surface area contributed by atoms with Gasteiger partial charge in [0.25, 0.3) is 0 Å². The van der Waals surface area contributed by atoms with Gasteiger partial charge in [0.15, 0.2) is 0 Å². The van der Waals surface area contributed by atoms with Crippen molar-refractivity contribution in [1.29, 1.82) is 0 Å². The first-order chi connectivity index (χ1) is 8.95. The standard InChI is InChI=1S/C15H22N2O2/c1-15(2,10-16)14(18)17(3)12-6-7-13-11(9-12)5-4-8-19-13/h6-7,9H,4-5,8,10,16H2,1-3H3. The molecule has 2 rings (SSSR count). The predicted molar refractivity (Wildman–Crippen MR) is 76.5 cm³/mol. The second kappa shape index (κ2) is 5.21. The molecular weight excluding hydrogens is 240 g/mol. The number of nitrogens with two attached hydrogens (primary N) is 1. The van der Waals surface area contributed by atoms with E-state index in [0.717, 1.165) is 30.9 Å². The Bertz CT molecular complexity index is 483. The van der Waals surface area contributed by atoms with Crippen LogP contribution in [0.4, 0.5) is 5.69 Å². The Balaban J connectivity index is 2.24. The van der Waals surface area contributed by atoms with Crippen molar-refractivity contribution in [3.63, 3.8) is 0 Å². The molecule has 19 heavy (non-hydrogen) atoms. The van der Waals surface area contributed by atoms with Crippen molar-refractivity contribution < 1.29 is 9.53 Å². The van der Waals surface area contributed by atoms with Gasteiger partial charge in [0.2, 0.25) is 5.91 Å². The first kappa shape index (κ1) is 13.9. The molecule has 1 amide bonds. The van der Waals surface area contributed by atoms with E-state index in [1.165, 1.54) is 5.56 Å². The zero-order chi connectivity index (χ0) is 14.0. The highest BCUT2D eigenvalue weighted by molar-refractivity contribution is 5.97. The Morgan fingerprint density at radius 2 is 2.21 bits per heavy atom. The molecule has 0 fully saturated rings. The summed E-state index contributed by atoms with van der Waals surface area (Å²) in [6.07, 6.45) is 2.04. The Kier molecular flexibility index (Phi) is 3.80. The fraction of sp³-hybridized carbons (Fsp3) is 0.533. The molecule has 4 nitrogen and oxygen atoms in total. The molecule has 0 aliphatic carbocycles. The maximum Gasteiger partial charge on any atom is 0.233 e. The number of ether oxygens (including phenoxy) is 1. The van der Waals surface area contributed by atoms with E-state index in [0.29, 0.717) is 6.54 Å². The minimum Gasteiger partial charge on any atom is -0.493 e. The molecule has 0 saturated carbocycles. The minimum absolute atomic E-state index is 0.0340. The normalized spacial score (nSPS) is 14.5. The van der Waals surface area contributed by atoms with E-state index in [-0.39, 0.29) is 5.91 Å². The van der Waals surface area contributed by atoms with E-state index >= 15 is 0 Å². The number of carbonyl (C=O) groups excluding carboxylic acids is 1. The summed E-state index contributed by atoms with van der Waals surface area (Å²) in [6, 6.07) is 5.91. The lowest BCUT2D eigenvalue weighted by Gasteiger charge is -2.29. The molecule has 0 spiro atoms. The molecule has 2 N–H and O–H groups in total. The highest BCUT2D eigenvalue weighted by atomic mass is 16.5. The van der Waals surface area contributed by atoms with Crippen LogP contribution < -0.4 is 15.4 Å². The second-order valence-electron chi connectivity index (χ2n) is 5.70. The summed E-state index contributed by atoms with van der Waals surface area (Å²) in [7, 11) is 1.80. The molecule has 1 aromatic rings. The largest absolute Gasteiger partial charge is 0.493 e. The van der Waals surface area contributed by atoms with Gasteiger partial charge >= 0.3 is 0 Å². The van der Waals surface area contributed by atoms with Crippen LogP contribution in [0.1, 0.15) is 25.8 Å². The van der Waals surface area contributed by atoms with Crippen LogP contribution in [0.15, 0.2) is 18.2 Å². The van der Waals surface area contributed by atoms with Gasteiger partial charge in [0.05, 0.1) is 12.0 Å². The fourth-order valence-corrected chi connectivity index (χ4v) is 2.21. The second-order valence-corrected chi connectivity index (χ2v) is 5.70. The van der Waals surface area contributed by atoms with Gasteiger partial charge in [-0.05, 0) is 50.5 Å².